The summed E-state index contributed by atoms with van der Waals surface area (Å²) in [7, 11) is 0. The summed E-state index contributed by atoms with van der Waals surface area (Å²) in [5.41, 5.74) is 3.22. The van der Waals surface area contributed by atoms with E-state index in [1.165, 1.54) is 10.9 Å². The average Bonchev–Trinajstić information content (AvgIpc) is 3.14. The number of rotatable bonds is 2. The van der Waals surface area contributed by atoms with Crippen LogP contribution < -0.4 is 0 Å². The fourth-order valence-electron chi connectivity index (χ4n) is 2.46. The molecule has 3 aromatic heterocycles. The quantitative estimate of drug-likeness (QED) is 0.546. The number of benzene rings is 1. The van der Waals surface area contributed by atoms with E-state index in [0.29, 0.717) is 0 Å². The lowest BCUT2D eigenvalue weighted by atomic mass is 10.2. The second-order valence-corrected chi connectivity index (χ2v) is 5.96. The molecule has 21 heavy (non-hydrogen) atoms. The first-order chi connectivity index (χ1) is 10.3. The van der Waals surface area contributed by atoms with Gasteiger partial charge in [0.05, 0.1) is 16.2 Å². The highest BCUT2D eigenvalue weighted by Crippen LogP contribution is 2.23. The van der Waals surface area contributed by atoms with Crippen molar-refractivity contribution in [3.05, 3.63) is 65.2 Å². The zero-order valence-electron chi connectivity index (χ0n) is 11.5. The second-order valence-electron chi connectivity index (χ2n) is 4.90. The highest BCUT2D eigenvalue weighted by Gasteiger charge is 2.06. The van der Waals surface area contributed by atoms with Crippen molar-refractivity contribution in [1.82, 2.24) is 14.5 Å². The maximum absolute atomic E-state index is 4.58. The van der Waals surface area contributed by atoms with Crippen molar-refractivity contribution in [2.45, 2.75) is 6.92 Å². The first-order valence-corrected chi connectivity index (χ1v) is 7.64. The minimum absolute atomic E-state index is 0.923. The predicted molar refractivity (Wildman–Crippen MR) is 86.9 cm³/mol. The Labute approximate surface area is 126 Å². The van der Waals surface area contributed by atoms with E-state index in [-0.39, 0.29) is 0 Å². The molecule has 3 heterocycles. The van der Waals surface area contributed by atoms with Crippen LogP contribution in [0.5, 0.6) is 0 Å². The Morgan fingerprint density at radius 3 is 2.71 bits per heavy atom. The first kappa shape index (κ1) is 12.3. The molecule has 3 nitrogen and oxygen atoms in total. The van der Waals surface area contributed by atoms with Crippen molar-refractivity contribution in [2.24, 2.45) is 0 Å². The van der Waals surface area contributed by atoms with Gasteiger partial charge in [0, 0.05) is 23.3 Å². The Kier molecular flexibility index (Phi) is 2.82. The third-order valence-electron chi connectivity index (χ3n) is 3.51. The van der Waals surface area contributed by atoms with Gasteiger partial charge in [0.25, 0.3) is 0 Å². The minimum Gasteiger partial charge on any atom is -0.301 e. The number of para-hydroxylation sites is 1. The van der Waals surface area contributed by atoms with Crippen LogP contribution in [0.25, 0.3) is 28.0 Å². The van der Waals surface area contributed by atoms with Crippen LogP contribution in [0.1, 0.15) is 5.01 Å². The lowest BCUT2D eigenvalue weighted by Crippen LogP contribution is -1.95. The van der Waals surface area contributed by atoms with E-state index in [1.807, 2.05) is 31.3 Å². The topological polar surface area (TPSA) is 30.7 Å². The molecule has 0 amide bonds. The van der Waals surface area contributed by atoms with E-state index in [2.05, 4.69) is 50.4 Å². The Hall–Kier alpha value is -2.46. The maximum Gasteiger partial charge on any atom is 0.137 e. The zero-order chi connectivity index (χ0) is 14.2. The summed E-state index contributed by atoms with van der Waals surface area (Å²) in [5.74, 6) is 0.923. The van der Waals surface area contributed by atoms with E-state index in [4.69, 9.17) is 0 Å². The van der Waals surface area contributed by atoms with Crippen LogP contribution in [0.3, 0.4) is 0 Å². The summed E-state index contributed by atoms with van der Waals surface area (Å²) in [6.45, 7) is 2.02. The van der Waals surface area contributed by atoms with Gasteiger partial charge in [-0.3, -0.25) is 0 Å². The molecule has 0 spiro atoms. The Bertz CT molecular complexity index is 903. The summed E-state index contributed by atoms with van der Waals surface area (Å²) in [5, 5.41) is 4.36. The maximum atomic E-state index is 4.58. The highest BCUT2D eigenvalue weighted by molar-refractivity contribution is 7.09. The van der Waals surface area contributed by atoms with Crippen LogP contribution in [0.2, 0.25) is 0 Å². The van der Waals surface area contributed by atoms with Gasteiger partial charge in [0.2, 0.25) is 0 Å². The van der Waals surface area contributed by atoms with E-state index in [1.54, 1.807) is 11.3 Å². The molecule has 0 fully saturated rings. The molecule has 4 heteroatoms. The van der Waals surface area contributed by atoms with Crippen LogP contribution >= 0.6 is 11.3 Å². The third-order valence-corrected chi connectivity index (χ3v) is 4.28. The number of thiazole rings is 1. The molecular weight excluding hydrogens is 278 g/mol. The lowest BCUT2D eigenvalue weighted by Gasteiger charge is -2.05. The molecular formula is C17H13N3S. The van der Waals surface area contributed by atoms with Gasteiger partial charge in [-0.1, -0.05) is 18.2 Å². The van der Waals surface area contributed by atoms with E-state index >= 15 is 0 Å². The first-order valence-electron chi connectivity index (χ1n) is 6.76. The monoisotopic (exact) mass is 291 g/mol. The number of fused-ring (bicyclic) bond motifs is 1. The molecule has 0 N–H and O–H groups in total. The van der Waals surface area contributed by atoms with Crippen LogP contribution in [-0.4, -0.2) is 14.5 Å². The second kappa shape index (κ2) is 4.82. The van der Waals surface area contributed by atoms with E-state index in [9.17, 15) is 0 Å². The summed E-state index contributed by atoms with van der Waals surface area (Å²) in [6, 6.07) is 14.5. The SMILES string of the molecule is Cc1nc(-c2ccc(-n3ccc4ccccc43)nc2)cs1. The van der Waals surface area contributed by atoms with Crippen LogP contribution in [-0.2, 0) is 0 Å². The van der Waals surface area contributed by atoms with Crippen molar-refractivity contribution in [3.63, 3.8) is 0 Å². The molecule has 0 unspecified atom stereocenters. The number of nitrogens with zero attached hydrogens (tertiary/aromatic N) is 3. The van der Waals surface area contributed by atoms with Crippen LogP contribution in [0.15, 0.2) is 60.2 Å². The van der Waals surface area contributed by atoms with Gasteiger partial charge in [-0.25, -0.2) is 9.97 Å². The van der Waals surface area contributed by atoms with Gasteiger partial charge in [-0.05, 0) is 36.6 Å². The number of hydrogen-bond donors (Lipinski definition) is 0. The fraction of sp³-hybridized carbons (Fsp3) is 0.0588. The standard InChI is InChI=1S/C17H13N3S/c1-12-19-15(11-21-12)14-6-7-17(18-10-14)20-9-8-13-4-2-3-5-16(13)20/h2-11H,1H3. The number of aromatic nitrogens is 3. The Morgan fingerprint density at radius 2 is 1.95 bits per heavy atom. The van der Waals surface area contributed by atoms with Crippen molar-refractivity contribution >= 4 is 22.2 Å². The third kappa shape index (κ3) is 2.14. The molecule has 0 aliphatic heterocycles. The van der Waals surface area contributed by atoms with Gasteiger partial charge in [-0.15, -0.1) is 11.3 Å². The molecule has 0 saturated carbocycles. The van der Waals surface area contributed by atoms with Crippen LogP contribution in [0, 0.1) is 6.92 Å². The Balaban J connectivity index is 1.76. The largest absolute Gasteiger partial charge is 0.301 e. The molecule has 102 valence electrons. The average molecular weight is 291 g/mol. The van der Waals surface area contributed by atoms with Crippen LogP contribution in [0.4, 0.5) is 0 Å². The van der Waals surface area contributed by atoms with Gasteiger partial charge in [0.1, 0.15) is 5.82 Å². The predicted octanol–water partition coefficient (Wildman–Crippen LogP) is 4.46. The fourth-order valence-corrected chi connectivity index (χ4v) is 3.08. The van der Waals surface area contributed by atoms with Gasteiger partial charge in [-0.2, -0.15) is 0 Å². The minimum atomic E-state index is 0.923. The molecule has 4 rings (SSSR count). The van der Waals surface area contributed by atoms with Gasteiger partial charge in [0.15, 0.2) is 0 Å². The molecule has 4 aromatic rings. The highest BCUT2D eigenvalue weighted by atomic mass is 32.1. The van der Waals surface area contributed by atoms with E-state index in [0.717, 1.165) is 22.1 Å². The lowest BCUT2D eigenvalue weighted by molar-refractivity contribution is 1.04. The zero-order valence-corrected chi connectivity index (χ0v) is 12.3. The number of aryl methyl sites for hydroxylation is 1. The molecule has 0 radical (unpaired) electrons. The normalized spacial score (nSPS) is 11.1. The van der Waals surface area contributed by atoms with Gasteiger partial charge >= 0.3 is 0 Å². The smallest absolute Gasteiger partial charge is 0.137 e. The summed E-state index contributed by atoms with van der Waals surface area (Å²) in [4.78, 5) is 9.08. The number of hydrogen-bond acceptors (Lipinski definition) is 3. The molecule has 0 saturated heterocycles. The summed E-state index contributed by atoms with van der Waals surface area (Å²) < 4.78 is 2.10. The van der Waals surface area contributed by atoms with Crippen molar-refractivity contribution in [3.8, 4) is 17.1 Å². The number of pyridine rings is 1. The molecule has 1 aromatic carbocycles. The summed E-state index contributed by atoms with van der Waals surface area (Å²) >= 11 is 1.66. The molecule has 0 aliphatic rings. The summed E-state index contributed by atoms with van der Waals surface area (Å²) in [6.07, 6.45) is 3.94. The Morgan fingerprint density at radius 1 is 1.05 bits per heavy atom. The van der Waals surface area contributed by atoms with Crippen molar-refractivity contribution in [1.29, 1.82) is 0 Å². The van der Waals surface area contributed by atoms with Crippen molar-refractivity contribution in [2.75, 3.05) is 0 Å². The molecule has 0 aliphatic carbocycles. The molecule has 0 atom stereocenters. The van der Waals surface area contributed by atoms with E-state index < -0.39 is 0 Å². The molecule has 0 bridgehead atoms. The van der Waals surface area contributed by atoms with Crippen molar-refractivity contribution < 1.29 is 0 Å². The van der Waals surface area contributed by atoms with Gasteiger partial charge < -0.3 is 4.57 Å².